The molecule has 0 aromatic heterocycles. The van der Waals surface area contributed by atoms with Crippen LogP contribution in [0.3, 0.4) is 0 Å². The average molecular weight is 404 g/mol. The molecule has 3 aromatic carbocycles. The van der Waals surface area contributed by atoms with Crippen molar-refractivity contribution in [1.82, 2.24) is 0 Å². The van der Waals surface area contributed by atoms with E-state index in [-0.39, 0.29) is 7.33 Å². The summed E-state index contributed by atoms with van der Waals surface area (Å²) >= 11 is 0. The lowest BCUT2D eigenvalue weighted by atomic mass is 9.94. The fraction of sp³-hybridized carbons (Fsp3) is 0.269. The third-order valence-electron chi connectivity index (χ3n) is 5.78. The summed E-state index contributed by atoms with van der Waals surface area (Å²) < 4.78 is 10.9. The molecule has 1 aliphatic rings. The second-order valence-corrected chi connectivity index (χ2v) is 7.76. The molecule has 4 nitrogen and oxygen atoms in total. The molecular weight excluding hydrogens is 374 g/mol. The Hall–Kier alpha value is -3.27. The van der Waals surface area contributed by atoms with Crippen molar-refractivity contribution in [3.63, 3.8) is 0 Å². The Balaban J connectivity index is 0.00000272. The Labute approximate surface area is 179 Å². The maximum atomic E-state index is 13.2. The zero-order valence-electron chi connectivity index (χ0n) is 17.7. The summed E-state index contributed by atoms with van der Waals surface area (Å²) in [5.74, 6) is 1.68. The lowest BCUT2D eigenvalue weighted by Crippen LogP contribution is -2.27. The van der Waals surface area contributed by atoms with Crippen LogP contribution in [0, 0.1) is 6.92 Å². The SMILES string of the molecule is CCOc1ccc(-c2cc(NC(=O)C3(c4cccc(OC)c4)CC3)ccc2C)cc1.[HH]. The van der Waals surface area contributed by atoms with E-state index in [2.05, 4.69) is 24.4 Å². The third-order valence-corrected chi connectivity index (χ3v) is 5.78. The van der Waals surface area contributed by atoms with Crippen LogP contribution in [-0.4, -0.2) is 19.6 Å². The average Bonchev–Trinajstić information content (AvgIpc) is 3.58. The van der Waals surface area contributed by atoms with Crippen molar-refractivity contribution in [1.29, 1.82) is 0 Å². The number of carbonyl (C=O) groups excluding carboxylic acids is 1. The molecular formula is C26H29NO3. The predicted octanol–water partition coefficient (Wildman–Crippen LogP) is 5.99. The number of nitrogens with one attached hydrogen (secondary N) is 1. The van der Waals surface area contributed by atoms with Crippen molar-refractivity contribution < 1.29 is 15.7 Å². The first kappa shape index (κ1) is 20.0. The van der Waals surface area contributed by atoms with Crippen LogP contribution in [0.2, 0.25) is 0 Å². The molecule has 0 unspecified atom stereocenters. The van der Waals surface area contributed by atoms with Gasteiger partial charge in [-0.2, -0.15) is 0 Å². The maximum absolute atomic E-state index is 13.2. The highest BCUT2D eigenvalue weighted by molar-refractivity contribution is 6.01. The van der Waals surface area contributed by atoms with Crippen molar-refractivity contribution in [2.45, 2.75) is 32.1 Å². The highest BCUT2D eigenvalue weighted by Crippen LogP contribution is 2.49. The number of methoxy groups -OCH3 is 1. The topological polar surface area (TPSA) is 47.6 Å². The smallest absolute Gasteiger partial charge is 0.235 e. The Kier molecular flexibility index (Phi) is 5.49. The molecule has 4 rings (SSSR count). The van der Waals surface area contributed by atoms with Gasteiger partial charge in [-0.1, -0.05) is 30.3 Å². The molecule has 1 aliphatic carbocycles. The summed E-state index contributed by atoms with van der Waals surface area (Å²) in [4.78, 5) is 13.2. The largest absolute Gasteiger partial charge is 0.497 e. The highest BCUT2D eigenvalue weighted by Gasteiger charge is 2.51. The van der Waals surface area contributed by atoms with Crippen molar-refractivity contribution >= 4 is 11.6 Å². The Morgan fingerprint density at radius 2 is 1.80 bits per heavy atom. The number of carbonyl (C=O) groups is 1. The normalized spacial score (nSPS) is 14.1. The van der Waals surface area contributed by atoms with Gasteiger partial charge >= 0.3 is 0 Å². The molecule has 0 aliphatic heterocycles. The van der Waals surface area contributed by atoms with E-state index < -0.39 is 5.41 Å². The van der Waals surface area contributed by atoms with Crippen molar-refractivity contribution in [2.24, 2.45) is 0 Å². The molecule has 1 saturated carbocycles. The molecule has 1 amide bonds. The van der Waals surface area contributed by atoms with Crippen LogP contribution in [0.15, 0.2) is 66.7 Å². The lowest BCUT2D eigenvalue weighted by molar-refractivity contribution is -0.118. The summed E-state index contributed by atoms with van der Waals surface area (Å²) in [5, 5.41) is 3.15. The fourth-order valence-electron chi connectivity index (χ4n) is 3.85. The summed E-state index contributed by atoms with van der Waals surface area (Å²) in [7, 11) is 1.65. The van der Waals surface area contributed by atoms with E-state index in [1.807, 2.05) is 61.5 Å². The van der Waals surface area contributed by atoms with Gasteiger partial charge in [0.2, 0.25) is 5.91 Å². The third kappa shape index (κ3) is 3.90. The van der Waals surface area contributed by atoms with Gasteiger partial charge in [0.15, 0.2) is 0 Å². The molecule has 0 bridgehead atoms. The molecule has 0 atom stereocenters. The molecule has 0 spiro atoms. The summed E-state index contributed by atoms with van der Waals surface area (Å²) in [6.07, 6.45) is 1.70. The van der Waals surface area contributed by atoms with Gasteiger partial charge in [-0.25, -0.2) is 0 Å². The number of hydrogen-bond acceptors (Lipinski definition) is 3. The van der Waals surface area contributed by atoms with Crippen LogP contribution in [0.25, 0.3) is 11.1 Å². The minimum atomic E-state index is -0.460. The minimum absolute atomic E-state index is 0. The molecule has 1 fully saturated rings. The van der Waals surface area contributed by atoms with Crippen LogP contribution >= 0.6 is 0 Å². The molecule has 3 aromatic rings. The summed E-state index contributed by atoms with van der Waals surface area (Å²) in [5.41, 5.74) is 4.72. The highest BCUT2D eigenvalue weighted by atomic mass is 16.5. The van der Waals surface area contributed by atoms with E-state index in [0.717, 1.165) is 52.3 Å². The number of rotatable bonds is 7. The van der Waals surface area contributed by atoms with Gasteiger partial charge in [-0.3, -0.25) is 4.79 Å². The first-order chi connectivity index (χ1) is 14.6. The Morgan fingerprint density at radius 3 is 2.47 bits per heavy atom. The van der Waals surface area contributed by atoms with Crippen molar-refractivity contribution in [3.05, 3.63) is 77.9 Å². The van der Waals surface area contributed by atoms with E-state index in [4.69, 9.17) is 9.47 Å². The zero-order chi connectivity index (χ0) is 21.1. The van der Waals surface area contributed by atoms with Crippen LogP contribution < -0.4 is 14.8 Å². The Morgan fingerprint density at radius 1 is 1.03 bits per heavy atom. The van der Waals surface area contributed by atoms with E-state index in [9.17, 15) is 4.79 Å². The van der Waals surface area contributed by atoms with E-state index in [1.165, 1.54) is 0 Å². The first-order valence-corrected chi connectivity index (χ1v) is 10.4. The molecule has 30 heavy (non-hydrogen) atoms. The van der Waals surface area contributed by atoms with E-state index in [0.29, 0.717) is 6.61 Å². The van der Waals surface area contributed by atoms with Gasteiger partial charge in [0.05, 0.1) is 19.1 Å². The number of aryl methyl sites for hydroxylation is 1. The number of ether oxygens (including phenoxy) is 2. The number of hydrogen-bond donors (Lipinski definition) is 1. The van der Waals surface area contributed by atoms with E-state index >= 15 is 0 Å². The van der Waals surface area contributed by atoms with Crippen LogP contribution in [-0.2, 0) is 10.2 Å². The first-order valence-electron chi connectivity index (χ1n) is 10.4. The monoisotopic (exact) mass is 403 g/mol. The van der Waals surface area contributed by atoms with Gasteiger partial charge in [-0.15, -0.1) is 0 Å². The number of benzene rings is 3. The predicted molar refractivity (Wildman–Crippen MR) is 122 cm³/mol. The van der Waals surface area contributed by atoms with Gasteiger partial charge in [-0.05, 0) is 85.3 Å². The number of anilines is 1. The van der Waals surface area contributed by atoms with Crippen LogP contribution in [0.1, 0.15) is 32.3 Å². The molecule has 4 heteroatoms. The summed E-state index contributed by atoms with van der Waals surface area (Å²) in [6.45, 7) is 4.70. The molecule has 156 valence electrons. The second kappa shape index (κ2) is 8.23. The zero-order valence-corrected chi connectivity index (χ0v) is 17.7. The molecule has 0 heterocycles. The van der Waals surface area contributed by atoms with Gasteiger partial charge in [0.1, 0.15) is 11.5 Å². The molecule has 0 radical (unpaired) electrons. The minimum Gasteiger partial charge on any atom is -0.497 e. The number of amides is 1. The van der Waals surface area contributed by atoms with E-state index in [1.54, 1.807) is 7.11 Å². The second-order valence-electron chi connectivity index (χ2n) is 7.76. The maximum Gasteiger partial charge on any atom is 0.235 e. The summed E-state index contributed by atoms with van der Waals surface area (Å²) in [6, 6.07) is 21.9. The fourth-order valence-corrected chi connectivity index (χ4v) is 3.85. The molecule has 0 saturated heterocycles. The van der Waals surface area contributed by atoms with Crippen molar-refractivity contribution in [3.8, 4) is 22.6 Å². The van der Waals surface area contributed by atoms with Crippen LogP contribution in [0.4, 0.5) is 5.69 Å². The van der Waals surface area contributed by atoms with Gasteiger partial charge < -0.3 is 14.8 Å². The van der Waals surface area contributed by atoms with Gasteiger partial charge in [0.25, 0.3) is 0 Å². The molecule has 1 N–H and O–H groups in total. The standard InChI is InChI=1S/C26H27NO3.H2/c1-4-30-22-12-9-19(10-13-22)24-17-21(11-8-18(24)2)27-25(28)26(14-15-26)20-6-5-7-23(16-20)29-3;/h5-13,16-17H,4,14-15H2,1-3H3,(H,27,28);1H. The lowest BCUT2D eigenvalue weighted by Gasteiger charge is -2.17. The van der Waals surface area contributed by atoms with Gasteiger partial charge in [0, 0.05) is 7.11 Å². The van der Waals surface area contributed by atoms with Crippen molar-refractivity contribution in [2.75, 3.05) is 19.0 Å². The Bertz CT molecular complexity index is 1060. The quantitative estimate of drug-likeness (QED) is 0.527. The van der Waals surface area contributed by atoms with Crippen LogP contribution in [0.5, 0.6) is 11.5 Å².